The largest absolute Gasteiger partial charge is 0.481 e. The Morgan fingerprint density at radius 1 is 0.606 bits per heavy atom. The highest BCUT2D eigenvalue weighted by atomic mass is 32.2. The van der Waals surface area contributed by atoms with Crippen molar-refractivity contribution in [2.24, 2.45) is 0 Å². The molecule has 0 aliphatic carbocycles. The lowest BCUT2D eigenvalue weighted by molar-refractivity contribution is -0.142. The van der Waals surface area contributed by atoms with Crippen molar-refractivity contribution in [3.05, 3.63) is 5.82 Å². The molecule has 1 rings (SSSR count). The van der Waals surface area contributed by atoms with Gasteiger partial charge in [0.05, 0.1) is 5.75 Å². The van der Waals surface area contributed by atoms with Crippen molar-refractivity contribution < 1.29 is 102 Å². The van der Waals surface area contributed by atoms with E-state index in [1.807, 2.05) is 20.8 Å². The number of aromatic nitrogens is 4. The summed E-state index contributed by atoms with van der Waals surface area (Å²) in [6.07, 6.45) is -4.66. The second kappa shape index (κ2) is 34.2. The van der Waals surface area contributed by atoms with Crippen molar-refractivity contribution in [1.82, 2.24) is 52.5 Å². The van der Waals surface area contributed by atoms with E-state index in [0.717, 1.165) is 0 Å². The van der Waals surface area contributed by atoms with Crippen LogP contribution in [0, 0.1) is 0 Å². The number of thiol groups is 1. The van der Waals surface area contributed by atoms with E-state index in [9.17, 15) is 57.5 Å². The lowest BCUT2D eigenvalue weighted by atomic mass is 10.1. The van der Waals surface area contributed by atoms with E-state index in [0.29, 0.717) is 5.82 Å². The number of thioether (sulfide) groups is 1. The maximum absolute atomic E-state index is 11.8. The maximum Gasteiger partial charge on any atom is 0.326 e. The molecule has 0 saturated carbocycles. The van der Waals surface area contributed by atoms with Crippen LogP contribution in [0.15, 0.2) is 0 Å². The number of hydrogen-bond donors (Lipinski definition) is 14. The van der Waals surface area contributed by atoms with E-state index in [-0.39, 0.29) is 67.8 Å². The van der Waals surface area contributed by atoms with Gasteiger partial charge in [-0.3, -0.25) is 28.8 Å². The molecule has 1 aromatic rings. The summed E-state index contributed by atoms with van der Waals surface area (Å²) in [7, 11) is 0. The van der Waals surface area contributed by atoms with Crippen LogP contribution in [0.1, 0.15) is 71.5 Å². The van der Waals surface area contributed by atoms with Gasteiger partial charge in [-0.05, 0) is 19.3 Å². The number of nitrogens with zero attached hydrogens (tertiary/aromatic N) is 3. The van der Waals surface area contributed by atoms with Crippen LogP contribution >= 0.6 is 24.4 Å². The average molecular weight is 989 g/mol. The van der Waals surface area contributed by atoms with Crippen LogP contribution in [0.5, 0.6) is 0 Å². The maximum atomic E-state index is 11.8. The molecule has 0 spiro atoms. The predicted molar refractivity (Wildman–Crippen MR) is 221 cm³/mol. The number of nitrogens with one attached hydrogen (secondary N) is 7. The van der Waals surface area contributed by atoms with E-state index < -0.39 is 110 Å². The van der Waals surface area contributed by atoms with Crippen LogP contribution in [0.3, 0.4) is 0 Å². The molecule has 6 atom stereocenters. The normalized spacial score (nSPS) is 13.0. The SMILES string of the molecule is CC(C)(C)SC[C@H](NC(=O)N[C@@H](CCC(=O)O)C(=O)O)OC=O.O=CO[C@H](CCc1nn[nH]n1)NC(=O)N[C@@H](CCC(=O)O)C(=O)O.O=CO[C@H](CS)NC(=O)N[C@@H](CCC(=O)O)C(=O)O. The van der Waals surface area contributed by atoms with Crippen molar-refractivity contribution in [3.63, 3.8) is 0 Å². The highest BCUT2D eigenvalue weighted by Crippen LogP contribution is 2.23. The summed E-state index contributed by atoms with van der Waals surface area (Å²) >= 11 is 5.25. The first-order chi connectivity index (χ1) is 30.9. The summed E-state index contributed by atoms with van der Waals surface area (Å²) in [4.78, 5) is 130. The molecule has 0 bridgehead atoms. The second-order valence-corrected chi connectivity index (χ2v) is 15.7. The molecule has 6 amide bonds. The van der Waals surface area contributed by atoms with Gasteiger partial charge in [-0.1, -0.05) is 26.0 Å². The molecular formula is C33H52N10O21S2. The number of H-pyrrole nitrogens is 1. The average Bonchev–Trinajstić information content (AvgIpc) is 3.74. The molecule has 33 heteroatoms. The first-order valence-electron chi connectivity index (χ1n) is 18.7. The van der Waals surface area contributed by atoms with Gasteiger partial charge in [0, 0.05) is 42.6 Å². The third kappa shape index (κ3) is 33.4. The van der Waals surface area contributed by atoms with E-state index in [1.54, 1.807) is 0 Å². The fourth-order valence-corrected chi connectivity index (χ4v) is 5.09. The third-order valence-electron chi connectivity index (χ3n) is 7.14. The molecule has 0 unspecified atom stereocenters. The fourth-order valence-electron chi connectivity index (χ4n) is 4.10. The summed E-state index contributed by atoms with van der Waals surface area (Å²) in [6, 6.07) is -6.78. The Morgan fingerprint density at radius 2 is 0.970 bits per heavy atom. The second-order valence-electron chi connectivity index (χ2n) is 13.5. The van der Waals surface area contributed by atoms with Gasteiger partial charge in [0.1, 0.15) is 18.1 Å². The van der Waals surface area contributed by atoms with Crippen molar-refractivity contribution in [3.8, 4) is 0 Å². The topological polar surface area (TPSA) is 481 Å². The van der Waals surface area contributed by atoms with Gasteiger partial charge in [-0.15, -0.1) is 10.2 Å². The summed E-state index contributed by atoms with van der Waals surface area (Å²) in [5.74, 6) is -7.01. The monoisotopic (exact) mass is 988 g/mol. The van der Waals surface area contributed by atoms with Gasteiger partial charge in [-0.2, -0.15) is 29.6 Å². The zero-order chi connectivity index (χ0) is 50.8. The number of hydrogen-bond acceptors (Lipinski definition) is 20. The fraction of sp³-hybridized carbons (Fsp3) is 0.606. The van der Waals surface area contributed by atoms with Gasteiger partial charge < -0.3 is 76.8 Å². The zero-order valence-corrected chi connectivity index (χ0v) is 37.0. The van der Waals surface area contributed by atoms with Crippen LogP contribution in [-0.2, 0) is 63.8 Å². The smallest absolute Gasteiger partial charge is 0.326 e. The zero-order valence-electron chi connectivity index (χ0n) is 35.3. The standard InChI is InChI=1S/C13H22N2O7S.C11H16N6O7.C9H14N2O7S/c1-13(2,3)23-6-9(22-7-16)15-12(21)14-8(11(19)20)4-5-10(17)18;18-5-24-8(3-2-7-14-16-17-15-7)13-11(23)12-6(10(21)22)1-4-9(19)20;12-4-18-6(3-19)11-9(17)10-5(8(15)16)1-2-7(13)14/h7-9H,4-6H2,1-3H3,(H,17,18)(H,19,20)(H2,14,15,21);5-6,8H,1-4H2,(H,19,20)(H,21,22)(H2,12,13,23)(H,14,15,16,17);4-6,19H,1-3H2,(H,13,14)(H,15,16)(H2,10,11,17)/t8-,9+;6-,8+;5-,6+/m000/s1. The summed E-state index contributed by atoms with van der Waals surface area (Å²) in [5.41, 5.74) is 0. The van der Waals surface area contributed by atoms with E-state index in [4.69, 9.17) is 35.4 Å². The van der Waals surface area contributed by atoms with Gasteiger partial charge >= 0.3 is 53.9 Å². The molecule has 0 radical (unpaired) electrons. The number of aliphatic carboxylic acids is 6. The number of amides is 6. The minimum atomic E-state index is -1.39. The van der Waals surface area contributed by atoms with Gasteiger partial charge in [-0.25, -0.2) is 28.8 Å². The molecule has 372 valence electrons. The van der Waals surface area contributed by atoms with Crippen LogP contribution in [0.2, 0.25) is 0 Å². The molecule has 1 heterocycles. The molecule has 0 aliphatic rings. The highest BCUT2D eigenvalue weighted by Gasteiger charge is 2.26. The first-order valence-corrected chi connectivity index (χ1v) is 20.3. The van der Waals surface area contributed by atoms with Gasteiger partial charge in [0.15, 0.2) is 24.5 Å². The Kier molecular flexibility index (Phi) is 31.6. The number of aromatic amines is 1. The molecule has 31 nitrogen and oxygen atoms in total. The molecule has 13 N–H and O–H groups in total. The molecule has 0 aliphatic heterocycles. The number of carbonyl (C=O) groups is 12. The van der Waals surface area contributed by atoms with Crippen molar-refractivity contribution in [1.29, 1.82) is 0 Å². The molecule has 1 aromatic heterocycles. The van der Waals surface area contributed by atoms with Gasteiger partial charge in [0.2, 0.25) is 0 Å². The Balaban J connectivity index is 0. The van der Waals surface area contributed by atoms with Crippen LogP contribution in [0.4, 0.5) is 14.4 Å². The lowest BCUT2D eigenvalue weighted by Crippen LogP contribution is -2.50. The van der Waals surface area contributed by atoms with E-state index in [1.165, 1.54) is 11.8 Å². The van der Waals surface area contributed by atoms with E-state index >= 15 is 0 Å². The molecule has 66 heavy (non-hydrogen) atoms. The summed E-state index contributed by atoms with van der Waals surface area (Å²) < 4.78 is 13.7. The number of aryl methyl sites for hydroxylation is 1. The highest BCUT2D eigenvalue weighted by molar-refractivity contribution is 8.00. The van der Waals surface area contributed by atoms with Crippen molar-refractivity contribution in [2.75, 3.05) is 11.5 Å². The number of carboxylic acids is 6. The van der Waals surface area contributed by atoms with Crippen molar-refractivity contribution in [2.45, 2.75) is 114 Å². The summed E-state index contributed by atoms with van der Waals surface area (Å²) in [5, 5.41) is 78.2. The Hall–Kier alpha value is -7.19. The third-order valence-corrected chi connectivity index (χ3v) is 8.81. The Morgan fingerprint density at radius 3 is 1.29 bits per heavy atom. The van der Waals surface area contributed by atoms with E-state index in [2.05, 4.69) is 74.6 Å². The number of ether oxygens (including phenoxy) is 3. The van der Waals surface area contributed by atoms with Crippen LogP contribution in [-0.4, -0.2) is 178 Å². The predicted octanol–water partition coefficient (Wildman–Crippen LogP) is -2.08. The van der Waals surface area contributed by atoms with Crippen molar-refractivity contribution >= 4 is 97.7 Å². The Bertz CT molecular complexity index is 1740. The minimum Gasteiger partial charge on any atom is -0.481 e. The lowest BCUT2D eigenvalue weighted by Gasteiger charge is -2.23. The number of carboxylic acid groups (broad SMARTS) is 6. The number of carbonyl (C=O) groups excluding carboxylic acids is 6. The number of rotatable bonds is 30. The number of urea groups is 3. The molecule has 0 fully saturated rings. The van der Waals surface area contributed by atoms with Gasteiger partial charge in [0.25, 0.3) is 19.4 Å². The number of tetrazole rings is 1. The Labute approximate surface area is 383 Å². The minimum absolute atomic E-state index is 0.000968. The van der Waals surface area contributed by atoms with Crippen LogP contribution in [0.25, 0.3) is 0 Å². The first kappa shape index (κ1) is 60.9. The molecular weight excluding hydrogens is 937 g/mol. The van der Waals surface area contributed by atoms with Crippen LogP contribution < -0.4 is 31.9 Å². The quantitative estimate of drug-likeness (QED) is 0.0170. The molecule has 0 aromatic carbocycles. The molecule has 0 saturated heterocycles. The summed E-state index contributed by atoms with van der Waals surface area (Å²) in [6.45, 7) is 6.26.